The Morgan fingerprint density at radius 1 is 0.824 bits per heavy atom. The maximum atomic E-state index is 14.5. The molecule has 0 spiro atoms. The highest BCUT2D eigenvalue weighted by molar-refractivity contribution is 6.21. The van der Waals surface area contributed by atoms with Crippen molar-refractivity contribution in [1.82, 2.24) is 4.57 Å². The van der Waals surface area contributed by atoms with E-state index in [1.807, 2.05) is 60.0 Å². The first-order valence-electron chi connectivity index (χ1n) is 11.8. The SMILES string of the molecule is CC(C)(O)C[C@@]1(C)C(=O)n2c(c(-c3ccccc3)c3ccc4ccccc4c32)-c2ccccc21. The Morgan fingerprint density at radius 3 is 2.26 bits per heavy atom. The molecule has 168 valence electrons. The van der Waals surface area contributed by atoms with Crippen molar-refractivity contribution in [3.05, 3.63) is 96.6 Å². The molecule has 2 heterocycles. The number of nitrogens with zero attached hydrogens (tertiary/aromatic N) is 1. The highest BCUT2D eigenvalue weighted by Crippen LogP contribution is 2.51. The first-order valence-corrected chi connectivity index (χ1v) is 11.8. The van der Waals surface area contributed by atoms with Gasteiger partial charge in [-0.1, -0.05) is 91.0 Å². The molecule has 5 aromatic rings. The van der Waals surface area contributed by atoms with E-state index in [9.17, 15) is 9.90 Å². The van der Waals surface area contributed by atoms with Crippen LogP contribution >= 0.6 is 0 Å². The normalized spacial score (nSPS) is 17.7. The Morgan fingerprint density at radius 2 is 1.50 bits per heavy atom. The number of carbonyl (C=O) groups excluding carboxylic acids is 1. The van der Waals surface area contributed by atoms with Gasteiger partial charge in [0.25, 0.3) is 0 Å². The van der Waals surface area contributed by atoms with Gasteiger partial charge in [-0.3, -0.25) is 9.36 Å². The molecule has 34 heavy (non-hydrogen) atoms. The lowest BCUT2D eigenvalue weighted by molar-refractivity contribution is 0.0379. The molecular weight excluding hydrogens is 418 g/mol. The molecule has 0 aliphatic carbocycles. The van der Waals surface area contributed by atoms with Crippen LogP contribution < -0.4 is 0 Å². The minimum absolute atomic E-state index is 0.00635. The molecule has 0 unspecified atom stereocenters. The molecule has 4 aromatic carbocycles. The Balaban J connectivity index is 1.83. The third-order valence-electron chi connectivity index (χ3n) is 7.15. The van der Waals surface area contributed by atoms with Gasteiger partial charge >= 0.3 is 0 Å². The molecule has 0 bridgehead atoms. The lowest BCUT2D eigenvalue weighted by Gasteiger charge is -2.39. The number of aromatic nitrogens is 1. The standard InChI is InChI=1S/C31H27NO2/c1-30(2,34)19-31(3)25-16-10-9-15-23(25)28-26(21-12-5-4-6-13-21)24-18-17-20-11-7-8-14-22(20)27(24)32(28)29(31)33/h4-18,34H,19H2,1-3H3/t31-/m1/s1. The van der Waals surface area contributed by atoms with E-state index in [1.54, 1.807) is 13.8 Å². The highest BCUT2D eigenvalue weighted by atomic mass is 16.3. The van der Waals surface area contributed by atoms with Crippen LogP contribution in [-0.4, -0.2) is 21.2 Å². The number of hydrogen-bond donors (Lipinski definition) is 1. The topological polar surface area (TPSA) is 42.2 Å². The number of hydrogen-bond acceptors (Lipinski definition) is 2. The molecule has 1 aromatic heterocycles. The van der Waals surface area contributed by atoms with Crippen LogP contribution in [-0.2, 0) is 5.41 Å². The maximum Gasteiger partial charge on any atom is 0.242 e. The zero-order chi connectivity index (χ0) is 23.7. The van der Waals surface area contributed by atoms with E-state index in [4.69, 9.17) is 0 Å². The largest absolute Gasteiger partial charge is 0.390 e. The second-order valence-electron chi connectivity index (χ2n) is 10.3. The van der Waals surface area contributed by atoms with E-state index in [-0.39, 0.29) is 5.91 Å². The predicted molar refractivity (Wildman–Crippen MR) is 139 cm³/mol. The second-order valence-corrected chi connectivity index (χ2v) is 10.3. The van der Waals surface area contributed by atoms with E-state index < -0.39 is 11.0 Å². The Kier molecular flexibility index (Phi) is 4.39. The maximum absolute atomic E-state index is 14.5. The van der Waals surface area contributed by atoms with Crippen LogP contribution in [0, 0.1) is 0 Å². The van der Waals surface area contributed by atoms with E-state index in [0.29, 0.717) is 6.42 Å². The monoisotopic (exact) mass is 445 g/mol. The average Bonchev–Trinajstić information content (AvgIpc) is 3.18. The molecule has 1 N–H and O–H groups in total. The summed E-state index contributed by atoms with van der Waals surface area (Å²) >= 11 is 0. The van der Waals surface area contributed by atoms with Crippen LogP contribution in [0.2, 0.25) is 0 Å². The van der Waals surface area contributed by atoms with Crippen molar-refractivity contribution in [2.75, 3.05) is 0 Å². The van der Waals surface area contributed by atoms with Gasteiger partial charge < -0.3 is 5.11 Å². The fourth-order valence-corrected chi connectivity index (χ4v) is 5.97. The Bertz CT molecular complexity index is 1590. The van der Waals surface area contributed by atoms with Crippen molar-refractivity contribution < 1.29 is 9.90 Å². The molecular formula is C31H27NO2. The third kappa shape index (κ3) is 2.90. The number of carbonyl (C=O) groups is 1. The average molecular weight is 446 g/mol. The molecule has 0 radical (unpaired) electrons. The quantitative estimate of drug-likeness (QED) is 0.319. The fraction of sp³-hybridized carbons (Fsp3) is 0.194. The zero-order valence-corrected chi connectivity index (χ0v) is 19.7. The first-order chi connectivity index (χ1) is 16.3. The molecule has 0 amide bonds. The summed E-state index contributed by atoms with van der Waals surface area (Å²) in [5, 5.41) is 14.1. The summed E-state index contributed by atoms with van der Waals surface area (Å²) in [5.41, 5.74) is 4.20. The number of benzene rings is 4. The minimum atomic E-state index is -0.998. The molecule has 1 aliphatic heterocycles. The van der Waals surface area contributed by atoms with Gasteiger partial charge in [0.05, 0.1) is 22.2 Å². The summed E-state index contributed by atoms with van der Waals surface area (Å²) in [6, 6.07) is 31.1. The van der Waals surface area contributed by atoms with Gasteiger partial charge in [-0.15, -0.1) is 0 Å². The van der Waals surface area contributed by atoms with E-state index in [0.717, 1.165) is 49.6 Å². The van der Waals surface area contributed by atoms with E-state index in [2.05, 4.69) is 42.5 Å². The summed E-state index contributed by atoms with van der Waals surface area (Å²) in [6.45, 7) is 5.54. The van der Waals surface area contributed by atoms with Crippen LogP contribution in [0.1, 0.15) is 37.6 Å². The molecule has 0 saturated carbocycles. The summed E-state index contributed by atoms with van der Waals surface area (Å²) in [5.74, 6) is 0.00635. The van der Waals surface area contributed by atoms with Crippen molar-refractivity contribution in [2.45, 2.75) is 38.2 Å². The Hall–Kier alpha value is -3.69. The van der Waals surface area contributed by atoms with Gasteiger partial charge in [0.15, 0.2) is 0 Å². The van der Waals surface area contributed by atoms with Gasteiger partial charge in [-0.2, -0.15) is 0 Å². The molecule has 3 nitrogen and oxygen atoms in total. The molecule has 0 saturated heterocycles. The summed E-state index contributed by atoms with van der Waals surface area (Å²) in [4.78, 5) is 14.5. The molecule has 6 rings (SSSR count). The number of aliphatic hydroxyl groups is 1. The predicted octanol–water partition coefficient (Wildman–Crippen LogP) is 7.20. The first kappa shape index (κ1) is 20.9. The second kappa shape index (κ2) is 7.15. The zero-order valence-electron chi connectivity index (χ0n) is 19.7. The van der Waals surface area contributed by atoms with Crippen LogP contribution in [0.3, 0.4) is 0 Å². The van der Waals surface area contributed by atoms with Gasteiger partial charge in [0.2, 0.25) is 5.91 Å². The van der Waals surface area contributed by atoms with Gasteiger partial charge in [0, 0.05) is 21.9 Å². The lowest BCUT2D eigenvalue weighted by atomic mass is 9.70. The Labute approximate surface area is 199 Å². The molecule has 3 heteroatoms. The summed E-state index contributed by atoms with van der Waals surface area (Å²) in [7, 11) is 0. The molecule has 1 aliphatic rings. The van der Waals surface area contributed by atoms with Gasteiger partial charge in [-0.05, 0) is 43.7 Å². The van der Waals surface area contributed by atoms with Crippen molar-refractivity contribution in [2.24, 2.45) is 0 Å². The molecule has 0 fully saturated rings. The van der Waals surface area contributed by atoms with Crippen molar-refractivity contribution >= 4 is 27.6 Å². The van der Waals surface area contributed by atoms with Crippen molar-refractivity contribution in [3.63, 3.8) is 0 Å². The smallest absolute Gasteiger partial charge is 0.242 e. The lowest BCUT2D eigenvalue weighted by Crippen LogP contribution is -2.45. The van der Waals surface area contributed by atoms with E-state index in [1.165, 1.54) is 0 Å². The number of rotatable bonds is 3. The van der Waals surface area contributed by atoms with Crippen LogP contribution in [0.25, 0.3) is 44.1 Å². The van der Waals surface area contributed by atoms with Gasteiger partial charge in [-0.25, -0.2) is 0 Å². The minimum Gasteiger partial charge on any atom is -0.390 e. The van der Waals surface area contributed by atoms with E-state index >= 15 is 0 Å². The number of fused-ring (bicyclic) bond motifs is 7. The van der Waals surface area contributed by atoms with Gasteiger partial charge in [0.1, 0.15) is 0 Å². The molecule has 1 atom stereocenters. The third-order valence-corrected chi connectivity index (χ3v) is 7.15. The van der Waals surface area contributed by atoms with Crippen molar-refractivity contribution in [1.29, 1.82) is 0 Å². The summed E-state index contributed by atoms with van der Waals surface area (Å²) < 4.78 is 1.94. The fourth-order valence-electron chi connectivity index (χ4n) is 5.97. The van der Waals surface area contributed by atoms with Crippen LogP contribution in [0.5, 0.6) is 0 Å². The van der Waals surface area contributed by atoms with Crippen LogP contribution in [0.4, 0.5) is 0 Å². The summed E-state index contributed by atoms with van der Waals surface area (Å²) in [6.07, 6.45) is 0.334. The van der Waals surface area contributed by atoms with Crippen molar-refractivity contribution in [3.8, 4) is 22.4 Å². The highest BCUT2D eigenvalue weighted by Gasteiger charge is 2.47. The van der Waals surface area contributed by atoms with Crippen LogP contribution in [0.15, 0.2) is 91.0 Å².